The fourth-order valence-corrected chi connectivity index (χ4v) is 2.60. The van der Waals surface area contributed by atoms with Crippen molar-refractivity contribution in [3.05, 3.63) is 18.0 Å². The minimum Gasteiger partial charge on any atom is -0.308 e. The third kappa shape index (κ3) is 3.54. The number of H-pyrrole nitrogens is 1. The normalized spacial score (nSPS) is 19.0. The summed E-state index contributed by atoms with van der Waals surface area (Å²) in [7, 11) is 2.25. The van der Waals surface area contributed by atoms with Gasteiger partial charge >= 0.3 is 0 Å². The molecule has 17 heavy (non-hydrogen) atoms. The minimum atomic E-state index is 0.356. The molecule has 1 unspecified atom stereocenters. The summed E-state index contributed by atoms with van der Waals surface area (Å²) in [5.41, 5.74) is 1.16. The zero-order chi connectivity index (χ0) is 12.1. The van der Waals surface area contributed by atoms with Gasteiger partial charge in [0.15, 0.2) is 0 Å². The van der Waals surface area contributed by atoms with Gasteiger partial charge in [-0.05, 0) is 32.9 Å². The van der Waals surface area contributed by atoms with Gasteiger partial charge in [0.2, 0.25) is 0 Å². The summed E-state index contributed by atoms with van der Waals surface area (Å²) in [6.07, 6.45) is 7.39. The molecule has 0 saturated heterocycles. The highest BCUT2D eigenvalue weighted by molar-refractivity contribution is 5.02. The van der Waals surface area contributed by atoms with Crippen LogP contribution >= 0.6 is 0 Å². The highest BCUT2D eigenvalue weighted by Crippen LogP contribution is 2.21. The van der Waals surface area contributed by atoms with Gasteiger partial charge in [-0.25, -0.2) is 0 Å². The number of rotatable bonds is 6. The first kappa shape index (κ1) is 12.6. The van der Waals surface area contributed by atoms with Crippen LogP contribution in [0.1, 0.15) is 44.3 Å². The van der Waals surface area contributed by atoms with E-state index in [0.717, 1.165) is 24.8 Å². The van der Waals surface area contributed by atoms with E-state index in [-0.39, 0.29) is 0 Å². The van der Waals surface area contributed by atoms with Crippen molar-refractivity contribution in [3.63, 3.8) is 0 Å². The van der Waals surface area contributed by atoms with E-state index < -0.39 is 0 Å². The lowest BCUT2D eigenvalue weighted by Crippen LogP contribution is -2.36. The summed E-state index contributed by atoms with van der Waals surface area (Å²) in [5.74, 6) is 0. The van der Waals surface area contributed by atoms with Gasteiger partial charge in [-0.1, -0.05) is 12.8 Å². The molecular weight excluding hydrogens is 212 g/mol. The number of aromatic amines is 1. The van der Waals surface area contributed by atoms with Gasteiger partial charge in [0.05, 0.1) is 5.69 Å². The predicted molar refractivity (Wildman–Crippen MR) is 69.9 cm³/mol. The van der Waals surface area contributed by atoms with E-state index in [2.05, 4.69) is 34.4 Å². The molecule has 1 aromatic rings. The molecule has 0 amide bonds. The van der Waals surface area contributed by atoms with Gasteiger partial charge < -0.3 is 10.2 Å². The van der Waals surface area contributed by atoms with Gasteiger partial charge in [0, 0.05) is 31.4 Å². The van der Waals surface area contributed by atoms with Crippen LogP contribution in [-0.4, -0.2) is 41.3 Å². The van der Waals surface area contributed by atoms with Crippen molar-refractivity contribution in [3.8, 4) is 0 Å². The molecule has 1 aromatic heterocycles. The van der Waals surface area contributed by atoms with Crippen LogP contribution in [0.5, 0.6) is 0 Å². The number of nitrogens with one attached hydrogen (secondary N) is 2. The van der Waals surface area contributed by atoms with Crippen molar-refractivity contribution in [1.29, 1.82) is 0 Å². The van der Waals surface area contributed by atoms with E-state index in [4.69, 9.17) is 0 Å². The van der Waals surface area contributed by atoms with E-state index in [9.17, 15) is 0 Å². The van der Waals surface area contributed by atoms with E-state index in [1.165, 1.54) is 25.7 Å². The van der Waals surface area contributed by atoms with Crippen LogP contribution in [0.4, 0.5) is 0 Å². The molecule has 1 atom stereocenters. The second-order valence-electron chi connectivity index (χ2n) is 5.11. The predicted octanol–water partition coefficient (Wildman–Crippen LogP) is 1.93. The Hall–Kier alpha value is -0.870. The number of nitrogens with zero attached hydrogens (tertiary/aromatic N) is 2. The van der Waals surface area contributed by atoms with Crippen molar-refractivity contribution < 1.29 is 0 Å². The van der Waals surface area contributed by atoms with Crippen molar-refractivity contribution in [2.24, 2.45) is 0 Å². The number of hydrogen-bond donors (Lipinski definition) is 2. The third-order valence-electron chi connectivity index (χ3n) is 3.85. The topological polar surface area (TPSA) is 44.0 Å². The standard InChI is InChI=1S/C13H24N4/c1-11(13-7-8-15-16-13)14-9-10-17(2)12-5-3-4-6-12/h7-8,11-12,14H,3-6,9-10H2,1-2H3,(H,15,16). The molecule has 96 valence electrons. The maximum absolute atomic E-state index is 3.97. The fraction of sp³-hybridized carbons (Fsp3) is 0.769. The molecule has 1 aliphatic carbocycles. The Balaban J connectivity index is 1.65. The number of hydrogen-bond acceptors (Lipinski definition) is 3. The molecule has 1 aliphatic rings. The molecule has 2 N–H and O–H groups in total. The summed E-state index contributed by atoms with van der Waals surface area (Å²) in [5, 5.41) is 10.5. The molecule has 0 spiro atoms. The lowest BCUT2D eigenvalue weighted by molar-refractivity contribution is 0.243. The smallest absolute Gasteiger partial charge is 0.0518 e. The number of likely N-dealkylation sites (N-methyl/N-ethyl adjacent to an activating group) is 1. The summed E-state index contributed by atoms with van der Waals surface area (Å²) < 4.78 is 0. The fourth-order valence-electron chi connectivity index (χ4n) is 2.60. The monoisotopic (exact) mass is 236 g/mol. The molecule has 0 aromatic carbocycles. The van der Waals surface area contributed by atoms with E-state index in [0.29, 0.717) is 6.04 Å². The lowest BCUT2D eigenvalue weighted by Gasteiger charge is -2.24. The highest BCUT2D eigenvalue weighted by atomic mass is 15.2. The van der Waals surface area contributed by atoms with Crippen LogP contribution in [0.15, 0.2) is 12.3 Å². The lowest BCUT2D eigenvalue weighted by atomic mass is 10.2. The second-order valence-corrected chi connectivity index (χ2v) is 5.11. The molecule has 1 saturated carbocycles. The average Bonchev–Trinajstić information content (AvgIpc) is 3.02. The van der Waals surface area contributed by atoms with Crippen LogP contribution in [-0.2, 0) is 0 Å². The van der Waals surface area contributed by atoms with Crippen LogP contribution in [0.25, 0.3) is 0 Å². The number of aromatic nitrogens is 2. The quantitative estimate of drug-likeness (QED) is 0.793. The Bertz CT molecular complexity index is 303. The maximum atomic E-state index is 3.97. The van der Waals surface area contributed by atoms with Gasteiger partial charge in [-0.15, -0.1) is 0 Å². The molecule has 0 bridgehead atoms. The molecule has 4 heteroatoms. The van der Waals surface area contributed by atoms with Crippen molar-refractivity contribution in [2.45, 2.75) is 44.7 Å². The van der Waals surface area contributed by atoms with Crippen molar-refractivity contribution >= 4 is 0 Å². The summed E-state index contributed by atoms with van der Waals surface area (Å²) >= 11 is 0. The largest absolute Gasteiger partial charge is 0.308 e. The summed E-state index contributed by atoms with van der Waals surface area (Å²) in [4.78, 5) is 2.50. The van der Waals surface area contributed by atoms with E-state index in [1.54, 1.807) is 6.20 Å². The van der Waals surface area contributed by atoms with Gasteiger partial charge in [-0.2, -0.15) is 5.10 Å². The van der Waals surface area contributed by atoms with Crippen LogP contribution < -0.4 is 5.32 Å². The van der Waals surface area contributed by atoms with Gasteiger partial charge in [-0.3, -0.25) is 5.10 Å². The Morgan fingerprint density at radius 1 is 1.53 bits per heavy atom. The highest BCUT2D eigenvalue weighted by Gasteiger charge is 2.18. The molecule has 2 rings (SSSR count). The molecule has 1 heterocycles. The third-order valence-corrected chi connectivity index (χ3v) is 3.85. The Morgan fingerprint density at radius 2 is 2.29 bits per heavy atom. The molecule has 4 nitrogen and oxygen atoms in total. The first-order valence-electron chi connectivity index (χ1n) is 6.70. The average molecular weight is 236 g/mol. The first-order chi connectivity index (χ1) is 8.27. The van der Waals surface area contributed by atoms with E-state index >= 15 is 0 Å². The maximum Gasteiger partial charge on any atom is 0.0518 e. The minimum absolute atomic E-state index is 0.356. The van der Waals surface area contributed by atoms with Crippen LogP contribution in [0.3, 0.4) is 0 Å². The zero-order valence-electron chi connectivity index (χ0n) is 10.9. The summed E-state index contributed by atoms with van der Waals surface area (Å²) in [6.45, 7) is 4.33. The molecule has 1 fully saturated rings. The Kier molecular flexibility index (Phi) is 4.57. The van der Waals surface area contributed by atoms with Crippen molar-refractivity contribution in [2.75, 3.05) is 20.1 Å². The first-order valence-corrected chi connectivity index (χ1v) is 6.70. The molecule has 0 aliphatic heterocycles. The van der Waals surface area contributed by atoms with Gasteiger partial charge in [0.25, 0.3) is 0 Å². The molecule has 0 radical (unpaired) electrons. The SMILES string of the molecule is CC(NCCN(C)C1CCCC1)c1ccn[nH]1. The van der Waals surface area contributed by atoms with Crippen molar-refractivity contribution in [1.82, 2.24) is 20.4 Å². The van der Waals surface area contributed by atoms with Crippen LogP contribution in [0.2, 0.25) is 0 Å². The van der Waals surface area contributed by atoms with Gasteiger partial charge in [0.1, 0.15) is 0 Å². The van der Waals surface area contributed by atoms with E-state index in [1.807, 2.05) is 6.07 Å². The zero-order valence-corrected chi connectivity index (χ0v) is 10.9. The second kappa shape index (κ2) is 6.17. The Morgan fingerprint density at radius 3 is 2.94 bits per heavy atom. The summed E-state index contributed by atoms with van der Waals surface area (Å²) in [6, 6.07) is 3.20. The van der Waals surface area contributed by atoms with Crippen LogP contribution in [0, 0.1) is 0 Å². The molecular formula is C13H24N4. The Labute approximate surface area is 104 Å².